The van der Waals surface area contributed by atoms with Crippen molar-refractivity contribution in [1.82, 2.24) is 14.9 Å². The van der Waals surface area contributed by atoms with Crippen molar-refractivity contribution >= 4 is 0 Å². The third-order valence-electron chi connectivity index (χ3n) is 4.07. The van der Waals surface area contributed by atoms with E-state index in [1.54, 1.807) is 0 Å². The molecule has 0 radical (unpaired) electrons. The van der Waals surface area contributed by atoms with Crippen LogP contribution in [0.15, 0.2) is 18.5 Å². The van der Waals surface area contributed by atoms with E-state index in [-0.39, 0.29) is 6.29 Å². The lowest BCUT2D eigenvalue weighted by Crippen LogP contribution is -2.31. The van der Waals surface area contributed by atoms with Gasteiger partial charge in [-0.05, 0) is 44.7 Å². The van der Waals surface area contributed by atoms with Crippen LogP contribution in [-0.4, -0.2) is 47.5 Å². The van der Waals surface area contributed by atoms with Gasteiger partial charge in [0.05, 0.1) is 12.6 Å². The molecule has 20 heavy (non-hydrogen) atoms. The Morgan fingerprint density at radius 2 is 2.10 bits per heavy atom. The lowest BCUT2D eigenvalue weighted by Gasteiger charge is -2.26. The van der Waals surface area contributed by atoms with Gasteiger partial charge in [0.1, 0.15) is 5.82 Å². The summed E-state index contributed by atoms with van der Waals surface area (Å²) in [6.07, 6.45) is 9.43. The summed E-state index contributed by atoms with van der Waals surface area (Å²) in [4.78, 5) is 11.2. The smallest absolute Gasteiger partial charge is 0.157 e. The summed E-state index contributed by atoms with van der Waals surface area (Å²) < 4.78 is 11.4. The van der Waals surface area contributed by atoms with E-state index in [0.29, 0.717) is 6.04 Å². The van der Waals surface area contributed by atoms with E-state index in [9.17, 15) is 0 Å². The number of ether oxygens (including phenoxy) is 2. The van der Waals surface area contributed by atoms with Crippen molar-refractivity contribution in [2.24, 2.45) is 0 Å². The molecule has 1 aromatic heterocycles. The second-order valence-corrected chi connectivity index (χ2v) is 5.47. The molecule has 2 aliphatic heterocycles. The Bertz CT molecular complexity index is 395. The lowest BCUT2D eigenvalue weighted by atomic mass is 10.2. The molecule has 2 fully saturated rings. The first-order chi connectivity index (χ1) is 9.93. The molecular formula is C15H23N3O2. The van der Waals surface area contributed by atoms with Gasteiger partial charge >= 0.3 is 0 Å². The fourth-order valence-electron chi connectivity index (χ4n) is 3.01. The third kappa shape index (κ3) is 3.53. The summed E-state index contributed by atoms with van der Waals surface area (Å²) in [5, 5.41) is 0. The molecule has 0 bridgehead atoms. The second kappa shape index (κ2) is 7.11. The predicted molar refractivity (Wildman–Crippen MR) is 75.1 cm³/mol. The fraction of sp³-hybridized carbons (Fsp3) is 0.733. The molecule has 0 aliphatic carbocycles. The molecule has 0 saturated carbocycles. The van der Waals surface area contributed by atoms with Crippen molar-refractivity contribution in [3.63, 3.8) is 0 Å². The SMILES string of the molecule is c1cnc(C2CCCN2CCOC2CCCCO2)nc1. The Balaban J connectivity index is 1.46. The van der Waals surface area contributed by atoms with Gasteiger partial charge in [0.15, 0.2) is 6.29 Å². The highest BCUT2D eigenvalue weighted by molar-refractivity contribution is 4.99. The van der Waals surface area contributed by atoms with Crippen molar-refractivity contribution in [2.75, 3.05) is 26.3 Å². The molecule has 2 atom stereocenters. The first-order valence-electron chi connectivity index (χ1n) is 7.67. The Morgan fingerprint density at radius 1 is 1.20 bits per heavy atom. The van der Waals surface area contributed by atoms with Crippen LogP contribution in [0, 0.1) is 0 Å². The Morgan fingerprint density at radius 3 is 2.90 bits per heavy atom. The molecular weight excluding hydrogens is 254 g/mol. The summed E-state index contributed by atoms with van der Waals surface area (Å²) >= 11 is 0. The third-order valence-corrected chi connectivity index (χ3v) is 4.07. The van der Waals surface area contributed by atoms with Crippen LogP contribution >= 0.6 is 0 Å². The van der Waals surface area contributed by atoms with Crippen LogP contribution in [0.25, 0.3) is 0 Å². The van der Waals surface area contributed by atoms with E-state index < -0.39 is 0 Å². The van der Waals surface area contributed by atoms with Gasteiger partial charge in [-0.25, -0.2) is 9.97 Å². The zero-order chi connectivity index (χ0) is 13.6. The van der Waals surface area contributed by atoms with Crippen molar-refractivity contribution < 1.29 is 9.47 Å². The number of rotatable bonds is 5. The van der Waals surface area contributed by atoms with Gasteiger partial charge in [0.25, 0.3) is 0 Å². The Kier molecular flexibility index (Phi) is 4.95. The van der Waals surface area contributed by atoms with Gasteiger partial charge in [-0.3, -0.25) is 4.90 Å². The highest BCUT2D eigenvalue weighted by atomic mass is 16.7. The maximum atomic E-state index is 5.82. The lowest BCUT2D eigenvalue weighted by molar-refractivity contribution is -0.164. The van der Waals surface area contributed by atoms with Crippen molar-refractivity contribution in [2.45, 2.75) is 44.4 Å². The first-order valence-corrected chi connectivity index (χ1v) is 7.67. The van der Waals surface area contributed by atoms with E-state index in [0.717, 1.165) is 45.0 Å². The molecule has 5 heteroatoms. The number of hydrogen-bond acceptors (Lipinski definition) is 5. The predicted octanol–water partition coefficient (Wildman–Crippen LogP) is 2.16. The largest absolute Gasteiger partial charge is 0.353 e. The van der Waals surface area contributed by atoms with Crippen LogP contribution in [0.4, 0.5) is 0 Å². The average Bonchev–Trinajstić information content (AvgIpc) is 2.98. The normalized spacial score (nSPS) is 27.8. The van der Waals surface area contributed by atoms with E-state index in [1.807, 2.05) is 18.5 Å². The van der Waals surface area contributed by atoms with E-state index >= 15 is 0 Å². The summed E-state index contributed by atoms with van der Waals surface area (Å²) in [6, 6.07) is 2.22. The molecule has 0 aromatic carbocycles. The van der Waals surface area contributed by atoms with Gasteiger partial charge in [0.2, 0.25) is 0 Å². The second-order valence-electron chi connectivity index (χ2n) is 5.47. The van der Waals surface area contributed by atoms with Gasteiger partial charge in [-0.1, -0.05) is 0 Å². The quantitative estimate of drug-likeness (QED) is 0.825. The van der Waals surface area contributed by atoms with Crippen molar-refractivity contribution in [3.05, 3.63) is 24.3 Å². The molecule has 1 aromatic rings. The molecule has 5 nitrogen and oxygen atoms in total. The van der Waals surface area contributed by atoms with Crippen molar-refractivity contribution in [1.29, 1.82) is 0 Å². The summed E-state index contributed by atoms with van der Waals surface area (Å²) in [5.41, 5.74) is 0. The summed E-state index contributed by atoms with van der Waals surface area (Å²) in [6.45, 7) is 3.61. The van der Waals surface area contributed by atoms with Gasteiger partial charge in [0, 0.05) is 25.5 Å². The van der Waals surface area contributed by atoms with Crippen LogP contribution in [0.2, 0.25) is 0 Å². The van der Waals surface area contributed by atoms with Gasteiger partial charge in [-0.15, -0.1) is 0 Å². The standard InChI is InChI=1S/C15H23N3O2/c1-2-11-19-14(6-1)20-12-10-18-9-3-5-13(18)15-16-7-4-8-17-15/h4,7-8,13-14H,1-3,5-6,9-12H2. The van der Waals surface area contributed by atoms with Crippen LogP contribution in [0.3, 0.4) is 0 Å². The number of nitrogens with zero attached hydrogens (tertiary/aromatic N) is 3. The van der Waals surface area contributed by atoms with E-state index in [2.05, 4.69) is 14.9 Å². The van der Waals surface area contributed by atoms with Crippen LogP contribution in [0.5, 0.6) is 0 Å². The minimum Gasteiger partial charge on any atom is -0.353 e. The zero-order valence-electron chi connectivity index (χ0n) is 11.9. The van der Waals surface area contributed by atoms with Gasteiger partial charge < -0.3 is 9.47 Å². The van der Waals surface area contributed by atoms with Crippen LogP contribution in [-0.2, 0) is 9.47 Å². The fourth-order valence-corrected chi connectivity index (χ4v) is 3.01. The zero-order valence-corrected chi connectivity index (χ0v) is 11.9. The van der Waals surface area contributed by atoms with Gasteiger partial charge in [-0.2, -0.15) is 0 Å². The highest BCUT2D eigenvalue weighted by Crippen LogP contribution is 2.29. The molecule has 0 amide bonds. The highest BCUT2D eigenvalue weighted by Gasteiger charge is 2.27. The van der Waals surface area contributed by atoms with E-state index in [4.69, 9.17) is 9.47 Å². The molecule has 110 valence electrons. The first kappa shape index (κ1) is 13.9. The molecule has 2 saturated heterocycles. The average molecular weight is 277 g/mol. The minimum atomic E-state index is 0.0118. The molecule has 0 N–H and O–H groups in total. The topological polar surface area (TPSA) is 47.5 Å². The minimum absolute atomic E-state index is 0.0118. The van der Waals surface area contributed by atoms with Crippen LogP contribution in [0.1, 0.15) is 44.0 Å². The molecule has 3 heterocycles. The molecule has 2 aliphatic rings. The molecule has 3 rings (SSSR count). The Hall–Kier alpha value is -1.04. The summed E-state index contributed by atoms with van der Waals surface area (Å²) in [5.74, 6) is 0.943. The number of likely N-dealkylation sites (tertiary alicyclic amines) is 1. The van der Waals surface area contributed by atoms with E-state index in [1.165, 1.54) is 19.3 Å². The monoisotopic (exact) mass is 277 g/mol. The molecule has 0 spiro atoms. The van der Waals surface area contributed by atoms with Crippen molar-refractivity contribution in [3.8, 4) is 0 Å². The maximum absolute atomic E-state index is 5.82. The Labute approximate surface area is 120 Å². The van der Waals surface area contributed by atoms with Crippen LogP contribution < -0.4 is 0 Å². The number of hydrogen-bond donors (Lipinski definition) is 0. The summed E-state index contributed by atoms with van der Waals surface area (Å²) in [7, 11) is 0. The maximum Gasteiger partial charge on any atom is 0.157 e. The molecule has 2 unspecified atom stereocenters. The number of aromatic nitrogens is 2.